The fraction of sp³-hybridized carbons (Fsp3) is 0. The first-order valence-corrected chi connectivity index (χ1v) is 18.5. The summed E-state index contributed by atoms with van der Waals surface area (Å²) in [7, 11) is 0. The Balaban J connectivity index is 1.07. The van der Waals surface area contributed by atoms with Crippen LogP contribution in [0.3, 0.4) is 0 Å². The number of anilines is 3. The second kappa shape index (κ2) is 13.4. The lowest BCUT2D eigenvalue weighted by Gasteiger charge is -2.26. The monoisotopic (exact) mass is 688 g/mol. The van der Waals surface area contributed by atoms with Gasteiger partial charge in [-0.1, -0.05) is 164 Å². The maximum Gasteiger partial charge on any atom is 0.0619 e. The van der Waals surface area contributed by atoms with Crippen LogP contribution in [-0.2, 0) is 0 Å². The number of hydrogen-bond donors (Lipinski definition) is 0. The Bertz CT molecular complexity index is 2890. The van der Waals surface area contributed by atoms with Gasteiger partial charge in [0.15, 0.2) is 0 Å². The molecule has 9 aromatic carbocycles. The van der Waals surface area contributed by atoms with E-state index < -0.39 is 0 Å². The Hall–Kier alpha value is -7.16. The van der Waals surface area contributed by atoms with E-state index in [1.165, 1.54) is 66.0 Å². The van der Waals surface area contributed by atoms with Crippen LogP contribution in [0.1, 0.15) is 0 Å². The molecule has 0 radical (unpaired) electrons. The number of para-hydroxylation sites is 1. The van der Waals surface area contributed by atoms with Crippen LogP contribution >= 0.6 is 0 Å². The molecular formula is C52H36N2. The summed E-state index contributed by atoms with van der Waals surface area (Å²) in [4.78, 5) is 2.36. The van der Waals surface area contributed by atoms with Crippen LogP contribution in [-0.4, -0.2) is 4.57 Å². The first kappa shape index (κ1) is 31.6. The Kier molecular flexibility index (Phi) is 7.85. The van der Waals surface area contributed by atoms with Crippen molar-refractivity contribution in [2.75, 3.05) is 4.90 Å². The predicted molar refractivity (Wildman–Crippen MR) is 229 cm³/mol. The van der Waals surface area contributed by atoms with Crippen LogP contribution in [0.15, 0.2) is 218 Å². The lowest BCUT2D eigenvalue weighted by atomic mass is 10.00. The van der Waals surface area contributed by atoms with Crippen molar-refractivity contribution in [1.82, 2.24) is 4.57 Å². The molecule has 1 aromatic heterocycles. The largest absolute Gasteiger partial charge is 0.310 e. The lowest BCUT2D eigenvalue weighted by molar-refractivity contribution is 1.18. The zero-order chi connectivity index (χ0) is 35.8. The highest BCUT2D eigenvalue weighted by Gasteiger charge is 2.17. The second-order valence-corrected chi connectivity index (χ2v) is 13.8. The van der Waals surface area contributed by atoms with E-state index in [2.05, 4.69) is 228 Å². The third-order valence-electron chi connectivity index (χ3n) is 10.6. The topological polar surface area (TPSA) is 8.17 Å². The summed E-state index contributed by atoms with van der Waals surface area (Å²) in [6.07, 6.45) is 0. The van der Waals surface area contributed by atoms with Gasteiger partial charge in [0.2, 0.25) is 0 Å². The average Bonchev–Trinajstić information content (AvgIpc) is 3.60. The molecule has 0 N–H and O–H groups in total. The summed E-state index contributed by atoms with van der Waals surface area (Å²) in [6, 6.07) is 78.8. The maximum atomic E-state index is 2.43. The number of benzene rings is 9. The number of aromatic nitrogens is 1. The van der Waals surface area contributed by atoms with Crippen LogP contribution in [0, 0.1) is 0 Å². The molecule has 0 aliphatic heterocycles. The van der Waals surface area contributed by atoms with E-state index in [1.54, 1.807) is 0 Å². The maximum absolute atomic E-state index is 2.43. The van der Waals surface area contributed by atoms with E-state index in [0.717, 1.165) is 22.7 Å². The first-order valence-electron chi connectivity index (χ1n) is 18.5. The fourth-order valence-corrected chi connectivity index (χ4v) is 7.94. The van der Waals surface area contributed by atoms with E-state index in [0.29, 0.717) is 0 Å². The number of hydrogen-bond acceptors (Lipinski definition) is 1. The van der Waals surface area contributed by atoms with Crippen molar-refractivity contribution in [2.24, 2.45) is 0 Å². The van der Waals surface area contributed by atoms with Gasteiger partial charge in [-0.05, 0) is 93.4 Å². The Morgan fingerprint density at radius 3 is 1.46 bits per heavy atom. The minimum atomic E-state index is 1.09. The Morgan fingerprint density at radius 2 is 0.796 bits per heavy atom. The van der Waals surface area contributed by atoms with Crippen molar-refractivity contribution >= 4 is 49.6 Å². The minimum Gasteiger partial charge on any atom is -0.310 e. The molecule has 0 atom stereocenters. The van der Waals surface area contributed by atoms with Crippen molar-refractivity contribution < 1.29 is 0 Å². The summed E-state index contributed by atoms with van der Waals surface area (Å²) in [5.74, 6) is 0. The molecule has 2 nitrogen and oxygen atoms in total. The van der Waals surface area contributed by atoms with Crippen molar-refractivity contribution in [1.29, 1.82) is 0 Å². The smallest absolute Gasteiger partial charge is 0.0619 e. The average molecular weight is 689 g/mol. The van der Waals surface area contributed by atoms with Crippen molar-refractivity contribution in [3.8, 4) is 39.1 Å². The molecule has 2 heteroatoms. The SMILES string of the molecule is c1ccc(-c2ccc(-c3ccc(N(c4ccc(-n5c6ccccc6c6ccc7ccccc7c65)cc4)c4cccc(-c5ccccc5)c4)cc3)cc2)cc1. The van der Waals surface area contributed by atoms with Crippen LogP contribution in [0.5, 0.6) is 0 Å². The second-order valence-electron chi connectivity index (χ2n) is 13.8. The van der Waals surface area contributed by atoms with Gasteiger partial charge in [-0.25, -0.2) is 0 Å². The number of nitrogens with zero attached hydrogens (tertiary/aromatic N) is 2. The van der Waals surface area contributed by atoms with Crippen LogP contribution < -0.4 is 4.90 Å². The normalized spacial score (nSPS) is 11.3. The van der Waals surface area contributed by atoms with E-state index in [1.807, 2.05) is 0 Å². The highest BCUT2D eigenvalue weighted by Crippen LogP contribution is 2.40. The highest BCUT2D eigenvalue weighted by molar-refractivity contribution is 6.18. The molecular weight excluding hydrogens is 653 g/mol. The zero-order valence-corrected chi connectivity index (χ0v) is 29.7. The highest BCUT2D eigenvalue weighted by atomic mass is 15.1. The third kappa shape index (κ3) is 5.62. The summed E-state index contributed by atoms with van der Waals surface area (Å²) in [5.41, 5.74) is 14.1. The molecule has 0 amide bonds. The first-order chi connectivity index (χ1) is 26.8. The molecule has 0 unspecified atom stereocenters. The molecule has 0 saturated heterocycles. The predicted octanol–water partition coefficient (Wildman–Crippen LogP) is 14.4. The molecule has 0 bridgehead atoms. The zero-order valence-electron chi connectivity index (χ0n) is 29.7. The molecule has 0 aliphatic carbocycles. The molecule has 0 spiro atoms. The van der Waals surface area contributed by atoms with Crippen LogP contribution in [0.4, 0.5) is 17.1 Å². The van der Waals surface area contributed by atoms with Gasteiger partial charge in [0, 0.05) is 38.9 Å². The molecule has 10 aromatic rings. The lowest BCUT2D eigenvalue weighted by Crippen LogP contribution is -2.10. The summed E-state index contributed by atoms with van der Waals surface area (Å²) in [5, 5.41) is 5.02. The Morgan fingerprint density at radius 1 is 0.296 bits per heavy atom. The summed E-state index contributed by atoms with van der Waals surface area (Å²) < 4.78 is 2.43. The molecule has 254 valence electrons. The molecule has 0 saturated carbocycles. The van der Waals surface area contributed by atoms with E-state index in [4.69, 9.17) is 0 Å². The summed E-state index contributed by atoms with van der Waals surface area (Å²) >= 11 is 0. The molecule has 0 aliphatic rings. The molecule has 1 heterocycles. The van der Waals surface area contributed by atoms with Gasteiger partial charge in [-0.15, -0.1) is 0 Å². The van der Waals surface area contributed by atoms with Gasteiger partial charge in [-0.3, -0.25) is 0 Å². The van der Waals surface area contributed by atoms with Gasteiger partial charge in [-0.2, -0.15) is 0 Å². The van der Waals surface area contributed by atoms with E-state index in [-0.39, 0.29) is 0 Å². The van der Waals surface area contributed by atoms with Crippen LogP contribution in [0.25, 0.3) is 71.6 Å². The molecule has 0 fully saturated rings. The standard InChI is InChI=1S/C52H36N2/c1-3-12-37(13-4-1)39-22-24-40(25-23-39)41-26-29-44(30-27-41)53(47-18-11-17-43(36-47)38-14-5-2-6-15-38)45-31-33-46(34-32-45)54-51-21-10-9-20-49(51)50-35-28-42-16-7-8-19-48(42)52(50)54/h1-36H. The Labute approximate surface area is 315 Å². The van der Waals surface area contributed by atoms with Crippen LogP contribution in [0.2, 0.25) is 0 Å². The van der Waals surface area contributed by atoms with Gasteiger partial charge >= 0.3 is 0 Å². The quantitative estimate of drug-likeness (QED) is 0.162. The molecule has 10 rings (SSSR count). The van der Waals surface area contributed by atoms with Crippen molar-refractivity contribution in [3.63, 3.8) is 0 Å². The minimum absolute atomic E-state index is 1.09. The molecule has 54 heavy (non-hydrogen) atoms. The van der Waals surface area contributed by atoms with Gasteiger partial charge in [0.25, 0.3) is 0 Å². The van der Waals surface area contributed by atoms with Gasteiger partial charge in [0.05, 0.1) is 11.0 Å². The van der Waals surface area contributed by atoms with E-state index in [9.17, 15) is 0 Å². The summed E-state index contributed by atoms with van der Waals surface area (Å²) in [6.45, 7) is 0. The van der Waals surface area contributed by atoms with Crippen molar-refractivity contribution in [3.05, 3.63) is 218 Å². The fourth-order valence-electron chi connectivity index (χ4n) is 7.94. The number of rotatable bonds is 7. The third-order valence-corrected chi connectivity index (χ3v) is 10.6. The van der Waals surface area contributed by atoms with Gasteiger partial charge < -0.3 is 9.47 Å². The van der Waals surface area contributed by atoms with Gasteiger partial charge in [0.1, 0.15) is 0 Å². The number of fused-ring (bicyclic) bond motifs is 5. The van der Waals surface area contributed by atoms with Crippen molar-refractivity contribution in [2.45, 2.75) is 0 Å². The van der Waals surface area contributed by atoms with E-state index >= 15 is 0 Å².